The molecule has 0 saturated carbocycles. The highest BCUT2D eigenvalue weighted by Crippen LogP contribution is 2.43. The Morgan fingerprint density at radius 1 is 1.05 bits per heavy atom. The highest BCUT2D eigenvalue weighted by Gasteiger charge is 2.40. The molecule has 2 aliphatic rings. The van der Waals surface area contributed by atoms with Crippen LogP contribution in [0.3, 0.4) is 0 Å². The summed E-state index contributed by atoms with van der Waals surface area (Å²) in [6.45, 7) is 8.64. The van der Waals surface area contributed by atoms with Gasteiger partial charge in [0.25, 0.3) is 0 Å². The van der Waals surface area contributed by atoms with Gasteiger partial charge < -0.3 is 20.3 Å². The van der Waals surface area contributed by atoms with Crippen LogP contribution < -0.4 is 10.6 Å². The Bertz CT molecular complexity index is 1300. The van der Waals surface area contributed by atoms with E-state index >= 15 is 0 Å². The second-order valence-corrected chi connectivity index (χ2v) is 11.8. The van der Waals surface area contributed by atoms with Crippen LogP contribution in [0.1, 0.15) is 52.0 Å². The van der Waals surface area contributed by atoms with E-state index in [2.05, 4.69) is 20.0 Å². The lowest BCUT2D eigenvalue weighted by Crippen LogP contribution is -2.49. The van der Waals surface area contributed by atoms with Crippen LogP contribution in [0.2, 0.25) is 0 Å². The van der Waals surface area contributed by atoms with Crippen LogP contribution >= 0.6 is 11.3 Å². The molecule has 9 nitrogen and oxygen atoms in total. The first kappa shape index (κ1) is 25.6. The maximum Gasteiger partial charge on any atom is 0.419 e. The van der Waals surface area contributed by atoms with Crippen molar-refractivity contribution in [2.24, 2.45) is 5.41 Å². The fourth-order valence-electron chi connectivity index (χ4n) is 5.01. The number of aromatic nitrogens is 4. The van der Waals surface area contributed by atoms with E-state index in [0.717, 1.165) is 50.0 Å². The fourth-order valence-corrected chi connectivity index (χ4v) is 5.94. The van der Waals surface area contributed by atoms with Gasteiger partial charge in [0.1, 0.15) is 11.4 Å². The number of hydrogen-bond acceptors (Lipinski definition) is 8. The summed E-state index contributed by atoms with van der Waals surface area (Å²) < 4.78 is 47.0. The number of anilines is 2. The summed E-state index contributed by atoms with van der Waals surface area (Å²) in [6.07, 6.45) is 1.81. The van der Waals surface area contributed by atoms with E-state index in [9.17, 15) is 18.0 Å². The van der Waals surface area contributed by atoms with E-state index in [1.54, 1.807) is 9.42 Å². The minimum Gasteiger partial charge on any atom is -0.444 e. The SMILES string of the molecule is CC(C)(C)OC(=O)N1CCC2(CC1)CCN(c1nn3c(-c4cnc(N)c(C(F)(F)F)c4)cnc3s1)CC2. The number of hydrogen-bond donors (Lipinski definition) is 1. The Morgan fingerprint density at radius 3 is 2.32 bits per heavy atom. The van der Waals surface area contributed by atoms with Gasteiger partial charge in [-0.25, -0.2) is 19.3 Å². The first-order chi connectivity index (χ1) is 17.3. The number of piperidine rings is 2. The molecule has 37 heavy (non-hydrogen) atoms. The van der Waals surface area contributed by atoms with Crippen LogP contribution in [0.15, 0.2) is 18.5 Å². The third-order valence-electron chi connectivity index (χ3n) is 7.16. The highest BCUT2D eigenvalue weighted by molar-refractivity contribution is 7.20. The van der Waals surface area contributed by atoms with Crippen molar-refractivity contribution < 1.29 is 22.7 Å². The summed E-state index contributed by atoms with van der Waals surface area (Å²) >= 11 is 1.41. The van der Waals surface area contributed by atoms with Crippen molar-refractivity contribution in [1.82, 2.24) is 24.5 Å². The number of ether oxygens (including phenoxy) is 1. The minimum absolute atomic E-state index is 0.196. The number of amides is 1. The summed E-state index contributed by atoms with van der Waals surface area (Å²) in [7, 11) is 0. The maximum absolute atomic E-state index is 13.3. The van der Waals surface area contributed by atoms with Crippen molar-refractivity contribution >= 4 is 33.3 Å². The third-order valence-corrected chi connectivity index (χ3v) is 8.15. The predicted octanol–water partition coefficient (Wildman–Crippen LogP) is 5.07. The number of nitrogens with zero attached hydrogens (tertiary/aromatic N) is 6. The summed E-state index contributed by atoms with van der Waals surface area (Å²) in [4.78, 5) is 25.1. The van der Waals surface area contributed by atoms with Crippen LogP contribution in [0.4, 0.5) is 28.9 Å². The van der Waals surface area contributed by atoms with Gasteiger partial charge in [0.05, 0.1) is 17.5 Å². The van der Waals surface area contributed by atoms with Gasteiger partial charge in [-0.1, -0.05) is 11.3 Å². The largest absolute Gasteiger partial charge is 0.444 e. The monoisotopic (exact) mass is 537 g/mol. The zero-order valence-corrected chi connectivity index (χ0v) is 21.8. The zero-order valence-electron chi connectivity index (χ0n) is 21.0. The number of alkyl halides is 3. The third kappa shape index (κ3) is 5.18. The van der Waals surface area contributed by atoms with Gasteiger partial charge in [-0.05, 0) is 57.9 Å². The van der Waals surface area contributed by atoms with Gasteiger partial charge in [0, 0.05) is 37.9 Å². The smallest absolute Gasteiger partial charge is 0.419 e. The van der Waals surface area contributed by atoms with E-state index < -0.39 is 23.2 Å². The number of likely N-dealkylation sites (tertiary alicyclic amines) is 1. The van der Waals surface area contributed by atoms with Gasteiger partial charge in [-0.2, -0.15) is 13.2 Å². The second kappa shape index (κ2) is 9.03. The molecule has 3 aromatic rings. The van der Waals surface area contributed by atoms with Gasteiger partial charge in [0.15, 0.2) is 0 Å². The number of pyridine rings is 1. The van der Waals surface area contributed by atoms with Crippen molar-refractivity contribution in [3.05, 3.63) is 24.0 Å². The standard InChI is InChI=1S/C24H30F3N7O2S/c1-22(2,3)36-21(35)33-10-6-23(7-11-33)4-8-32(9-5-23)20-31-34-17(14-30-19(34)37-20)15-12-16(24(25,26)27)18(28)29-13-15/h12-14H,4-11H2,1-3H3,(H2,28,29). The number of fused-ring (bicyclic) bond motifs is 1. The molecule has 3 aromatic heterocycles. The maximum atomic E-state index is 13.3. The normalized spacial score (nSPS) is 18.5. The van der Waals surface area contributed by atoms with Crippen molar-refractivity contribution in [2.45, 2.75) is 58.2 Å². The van der Waals surface area contributed by atoms with E-state index in [0.29, 0.717) is 23.7 Å². The Hall–Kier alpha value is -3.09. The molecule has 2 N–H and O–H groups in total. The molecule has 0 atom stereocenters. The summed E-state index contributed by atoms with van der Waals surface area (Å²) in [5, 5.41) is 5.46. The Labute approximate surface area is 216 Å². The van der Waals surface area contributed by atoms with E-state index in [1.165, 1.54) is 23.7 Å². The number of nitrogens with two attached hydrogens (primary N) is 1. The average Bonchev–Trinajstić information content (AvgIpc) is 3.40. The molecule has 5 rings (SSSR count). The van der Waals surface area contributed by atoms with Crippen molar-refractivity contribution in [3.63, 3.8) is 0 Å². The molecule has 0 aromatic carbocycles. The molecule has 200 valence electrons. The summed E-state index contributed by atoms with van der Waals surface area (Å²) in [6, 6.07) is 0.985. The highest BCUT2D eigenvalue weighted by atomic mass is 32.1. The van der Waals surface area contributed by atoms with Crippen LogP contribution in [-0.4, -0.2) is 62.4 Å². The quantitative estimate of drug-likeness (QED) is 0.487. The van der Waals surface area contributed by atoms with Crippen LogP contribution in [0, 0.1) is 5.41 Å². The molecule has 2 aliphatic heterocycles. The molecular formula is C24H30F3N7O2S. The van der Waals surface area contributed by atoms with E-state index in [1.807, 2.05) is 20.8 Å². The fraction of sp³-hybridized carbons (Fsp3) is 0.583. The first-order valence-corrected chi connectivity index (χ1v) is 13.1. The lowest BCUT2D eigenvalue weighted by Gasteiger charge is -2.46. The predicted molar refractivity (Wildman–Crippen MR) is 134 cm³/mol. The van der Waals surface area contributed by atoms with Crippen molar-refractivity contribution in [1.29, 1.82) is 0 Å². The molecule has 1 spiro atoms. The lowest BCUT2D eigenvalue weighted by atomic mass is 9.71. The molecule has 13 heteroatoms. The average molecular weight is 538 g/mol. The zero-order chi connectivity index (χ0) is 26.6. The van der Waals surface area contributed by atoms with Gasteiger partial charge in [-0.3, -0.25) is 0 Å². The number of halogens is 3. The topological polar surface area (TPSA) is 102 Å². The lowest BCUT2D eigenvalue weighted by molar-refractivity contribution is -0.137. The van der Waals surface area contributed by atoms with Crippen LogP contribution in [0.25, 0.3) is 16.2 Å². The number of rotatable bonds is 2. The molecule has 0 radical (unpaired) electrons. The number of imidazole rings is 1. The number of carbonyl (C=O) groups excluding carboxylic acids is 1. The van der Waals surface area contributed by atoms with Crippen molar-refractivity contribution in [2.75, 3.05) is 36.8 Å². The molecule has 5 heterocycles. The molecule has 0 unspecified atom stereocenters. The van der Waals surface area contributed by atoms with Crippen molar-refractivity contribution in [3.8, 4) is 11.3 Å². The Morgan fingerprint density at radius 2 is 1.70 bits per heavy atom. The summed E-state index contributed by atoms with van der Waals surface area (Å²) in [5.74, 6) is -0.560. The molecule has 2 fully saturated rings. The minimum atomic E-state index is -4.60. The van der Waals surface area contributed by atoms with E-state index in [4.69, 9.17) is 10.5 Å². The first-order valence-electron chi connectivity index (χ1n) is 12.2. The molecule has 0 bridgehead atoms. The van der Waals surface area contributed by atoms with Gasteiger partial charge in [-0.15, -0.1) is 5.10 Å². The second-order valence-electron chi connectivity index (χ2n) is 10.8. The Kier molecular flexibility index (Phi) is 6.24. The molecule has 0 aliphatic carbocycles. The van der Waals surface area contributed by atoms with Crippen LogP contribution in [-0.2, 0) is 10.9 Å². The molecule has 1 amide bonds. The molecular weight excluding hydrogens is 507 g/mol. The number of nitrogen functional groups attached to an aromatic ring is 1. The van der Waals surface area contributed by atoms with Crippen LogP contribution in [0.5, 0.6) is 0 Å². The summed E-state index contributed by atoms with van der Waals surface area (Å²) in [5.41, 5.74) is 4.84. The van der Waals surface area contributed by atoms with E-state index in [-0.39, 0.29) is 17.1 Å². The Balaban J connectivity index is 1.26. The number of carbonyl (C=O) groups is 1. The molecule has 2 saturated heterocycles. The van der Waals surface area contributed by atoms with Gasteiger partial charge >= 0.3 is 12.3 Å². The van der Waals surface area contributed by atoms with Gasteiger partial charge in [0.2, 0.25) is 10.1 Å².